The maximum Gasteiger partial charge on any atom is 0.407 e. The molecule has 0 aliphatic heterocycles. The molecular formula is C13H19NO2. The summed E-state index contributed by atoms with van der Waals surface area (Å²) in [6.45, 7) is 5.10. The molecule has 3 heteroatoms. The van der Waals surface area contributed by atoms with Gasteiger partial charge in [-0.3, -0.25) is 0 Å². The first kappa shape index (κ1) is 12.6. The molecule has 0 saturated heterocycles. The van der Waals surface area contributed by atoms with Gasteiger partial charge in [0.2, 0.25) is 0 Å². The maximum atomic E-state index is 11.2. The Balaban J connectivity index is 2.13. The molecule has 1 aromatic rings. The van der Waals surface area contributed by atoms with Crippen molar-refractivity contribution in [1.82, 2.24) is 5.32 Å². The number of rotatable bonds is 5. The Bertz CT molecular complexity index is 309. The van der Waals surface area contributed by atoms with Crippen molar-refractivity contribution in [1.29, 1.82) is 0 Å². The number of ether oxygens (including phenoxy) is 1. The predicted octanol–water partition coefficient (Wildman–Crippen LogP) is 2.61. The lowest BCUT2D eigenvalue weighted by atomic mass is 10.1. The van der Waals surface area contributed by atoms with E-state index in [0.717, 1.165) is 6.42 Å². The van der Waals surface area contributed by atoms with Gasteiger partial charge >= 0.3 is 6.09 Å². The minimum absolute atomic E-state index is 0.329. The second kappa shape index (κ2) is 6.88. The lowest BCUT2D eigenvalue weighted by molar-refractivity contribution is 0.133. The van der Waals surface area contributed by atoms with Gasteiger partial charge in [0.15, 0.2) is 0 Å². The molecule has 0 atom stereocenters. The van der Waals surface area contributed by atoms with Crippen LogP contribution in [-0.2, 0) is 11.2 Å². The number of amides is 1. The third-order valence-electron chi connectivity index (χ3n) is 2.07. The molecule has 0 radical (unpaired) electrons. The van der Waals surface area contributed by atoms with Crippen LogP contribution < -0.4 is 5.32 Å². The Morgan fingerprint density at radius 1 is 1.31 bits per heavy atom. The second-order valence-corrected chi connectivity index (χ2v) is 4.15. The van der Waals surface area contributed by atoms with Crippen molar-refractivity contribution in [2.45, 2.75) is 20.3 Å². The first-order valence-electron chi connectivity index (χ1n) is 5.63. The van der Waals surface area contributed by atoms with Gasteiger partial charge in [0.1, 0.15) is 0 Å². The molecule has 0 aliphatic rings. The van der Waals surface area contributed by atoms with Crippen LogP contribution in [0, 0.1) is 5.92 Å². The van der Waals surface area contributed by atoms with E-state index >= 15 is 0 Å². The molecule has 1 N–H and O–H groups in total. The highest BCUT2D eigenvalue weighted by atomic mass is 16.5. The zero-order valence-corrected chi connectivity index (χ0v) is 9.90. The van der Waals surface area contributed by atoms with Crippen molar-refractivity contribution in [3.05, 3.63) is 35.9 Å². The van der Waals surface area contributed by atoms with Gasteiger partial charge in [0.05, 0.1) is 6.61 Å². The molecule has 0 bridgehead atoms. The van der Waals surface area contributed by atoms with Gasteiger partial charge in [-0.1, -0.05) is 44.2 Å². The van der Waals surface area contributed by atoms with Crippen molar-refractivity contribution in [3.63, 3.8) is 0 Å². The fraction of sp³-hybridized carbons (Fsp3) is 0.462. The van der Waals surface area contributed by atoms with E-state index in [1.54, 1.807) is 0 Å². The molecule has 0 aliphatic carbocycles. The summed E-state index contributed by atoms with van der Waals surface area (Å²) in [7, 11) is 0. The highest BCUT2D eigenvalue weighted by Gasteiger charge is 2.02. The van der Waals surface area contributed by atoms with E-state index in [4.69, 9.17) is 4.74 Å². The molecule has 0 fully saturated rings. The van der Waals surface area contributed by atoms with Crippen molar-refractivity contribution < 1.29 is 9.53 Å². The van der Waals surface area contributed by atoms with E-state index in [2.05, 4.69) is 5.32 Å². The van der Waals surface area contributed by atoms with Crippen LogP contribution in [0.2, 0.25) is 0 Å². The Morgan fingerprint density at radius 2 is 2.00 bits per heavy atom. The minimum Gasteiger partial charge on any atom is -0.449 e. The summed E-state index contributed by atoms with van der Waals surface area (Å²) in [4.78, 5) is 11.2. The summed E-state index contributed by atoms with van der Waals surface area (Å²) >= 11 is 0. The number of hydrogen-bond donors (Lipinski definition) is 1. The lowest BCUT2D eigenvalue weighted by Gasteiger charge is -2.08. The van der Waals surface area contributed by atoms with E-state index in [9.17, 15) is 4.79 Å². The number of hydrogen-bond acceptors (Lipinski definition) is 2. The van der Waals surface area contributed by atoms with Crippen LogP contribution in [0.3, 0.4) is 0 Å². The number of carbonyl (C=O) groups excluding carboxylic acids is 1. The standard InChI is InChI=1S/C13H19NO2/c1-11(2)10-16-13(15)14-9-8-12-6-4-3-5-7-12/h3-7,11H,8-10H2,1-2H3,(H,14,15). The highest BCUT2D eigenvalue weighted by Crippen LogP contribution is 1.98. The average molecular weight is 221 g/mol. The SMILES string of the molecule is CC(C)COC(=O)NCCc1ccccc1. The molecule has 0 unspecified atom stereocenters. The second-order valence-electron chi connectivity index (χ2n) is 4.15. The molecule has 0 spiro atoms. The molecule has 0 aromatic heterocycles. The zero-order valence-electron chi connectivity index (χ0n) is 9.90. The first-order chi connectivity index (χ1) is 7.68. The van der Waals surface area contributed by atoms with Crippen molar-refractivity contribution >= 4 is 6.09 Å². The van der Waals surface area contributed by atoms with Crippen molar-refractivity contribution in [3.8, 4) is 0 Å². The molecule has 1 amide bonds. The normalized spacial score (nSPS) is 10.2. The molecule has 16 heavy (non-hydrogen) atoms. The third-order valence-corrected chi connectivity index (χ3v) is 2.07. The fourth-order valence-electron chi connectivity index (χ4n) is 1.25. The van der Waals surface area contributed by atoms with Crippen LogP contribution in [0.1, 0.15) is 19.4 Å². The molecule has 88 valence electrons. The Morgan fingerprint density at radius 3 is 2.62 bits per heavy atom. The zero-order chi connectivity index (χ0) is 11.8. The summed E-state index contributed by atoms with van der Waals surface area (Å²) in [6, 6.07) is 10.1. The summed E-state index contributed by atoms with van der Waals surface area (Å²) in [5.41, 5.74) is 1.21. The van der Waals surface area contributed by atoms with Crippen LogP contribution in [0.15, 0.2) is 30.3 Å². The van der Waals surface area contributed by atoms with Gasteiger partial charge in [-0.15, -0.1) is 0 Å². The quantitative estimate of drug-likeness (QED) is 0.830. The summed E-state index contributed by atoms with van der Waals surface area (Å²) < 4.78 is 4.99. The maximum absolute atomic E-state index is 11.2. The van der Waals surface area contributed by atoms with E-state index in [0.29, 0.717) is 19.1 Å². The van der Waals surface area contributed by atoms with E-state index in [1.165, 1.54) is 5.56 Å². The number of nitrogens with one attached hydrogen (secondary N) is 1. The number of carbonyl (C=O) groups is 1. The summed E-state index contributed by atoms with van der Waals surface area (Å²) in [5.74, 6) is 0.375. The van der Waals surface area contributed by atoms with E-state index < -0.39 is 0 Å². The van der Waals surface area contributed by atoms with Gasteiger partial charge in [-0.05, 0) is 17.9 Å². The first-order valence-corrected chi connectivity index (χ1v) is 5.63. The Labute approximate surface area is 96.8 Å². The van der Waals surface area contributed by atoms with Gasteiger partial charge in [-0.2, -0.15) is 0 Å². The van der Waals surface area contributed by atoms with Gasteiger partial charge in [0.25, 0.3) is 0 Å². The largest absolute Gasteiger partial charge is 0.449 e. The molecule has 1 rings (SSSR count). The van der Waals surface area contributed by atoms with Crippen molar-refractivity contribution in [2.24, 2.45) is 5.92 Å². The van der Waals surface area contributed by atoms with E-state index in [-0.39, 0.29) is 6.09 Å². The van der Waals surface area contributed by atoms with Gasteiger partial charge < -0.3 is 10.1 Å². The number of alkyl carbamates (subject to hydrolysis) is 1. The Kier molecular flexibility index (Phi) is 5.40. The van der Waals surface area contributed by atoms with Crippen LogP contribution in [0.25, 0.3) is 0 Å². The third kappa shape index (κ3) is 5.39. The predicted molar refractivity (Wildman–Crippen MR) is 64.3 cm³/mol. The van der Waals surface area contributed by atoms with Crippen LogP contribution >= 0.6 is 0 Å². The number of benzene rings is 1. The van der Waals surface area contributed by atoms with Crippen LogP contribution in [0.5, 0.6) is 0 Å². The highest BCUT2D eigenvalue weighted by molar-refractivity contribution is 5.67. The van der Waals surface area contributed by atoms with Crippen LogP contribution in [-0.4, -0.2) is 19.2 Å². The van der Waals surface area contributed by atoms with Gasteiger partial charge in [-0.25, -0.2) is 4.79 Å². The smallest absolute Gasteiger partial charge is 0.407 e. The molecule has 0 heterocycles. The summed E-state index contributed by atoms with van der Waals surface area (Å²) in [6.07, 6.45) is 0.502. The average Bonchev–Trinajstić information content (AvgIpc) is 2.28. The molecule has 0 saturated carbocycles. The fourth-order valence-corrected chi connectivity index (χ4v) is 1.25. The molecule has 3 nitrogen and oxygen atoms in total. The Hall–Kier alpha value is -1.51. The summed E-state index contributed by atoms with van der Waals surface area (Å²) in [5, 5.41) is 2.73. The monoisotopic (exact) mass is 221 g/mol. The topological polar surface area (TPSA) is 38.3 Å². The van der Waals surface area contributed by atoms with Gasteiger partial charge in [0, 0.05) is 6.54 Å². The minimum atomic E-state index is -0.329. The molecule has 1 aromatic carbocycles. The molecular weight excluding hydrogens is 202 g/mol. The van der Waals surface area contributed by atoms with Crippen molar-refractivity contribution in [2.75, 3.05) is 13.2 Å². The van der Waals surface area contributed by atoms with E-state index in [1.807, 2.05) is 44.2 Å². The lowest BCUT2D eigenvalue weighted by Crippen LogP contribution is -2.27. The van der Waals surface area contributed by atoms with Crippen LogP contribution in [0.4, 0.5) is 4.79 Å².